The Morgan fingerprint density at radius 2 is 1.96 bits per heavy atom. The van der Waals surface area contributed by atoms with Crippen LogP contribution in [0.25, 0.3) is 0 Å². The molecule has 2 aliphatic rings. The van der Waals surface area contributed by atoms with Crippen molar-refractivity contribution in [1.82, 2.24) is 10.9 Å². The molecule has 4 rings (SSSR count). The van der Waals surface area contributed by atoms with E-state index in [4.69, 9.17) is 9.47 Å². The molecule has 1 amide bonds. The summed E-state index contributed by atoms with van der Waals surface area (Å²) in [5.74, 6) is 1.42. The van der Waals surface area contributed by atoms with Gasteiger partial charge in [0, 0.05) is 12.0 Å². The molecule has 0 saturated carbocycles. The zero-order valence-corrected chi connectivity index (χ0v) is 14.9. The van der Waals surface area contributed by atoms with Crippen molar-refractivity contribution in [2.24, 2.45) is 5.92 Å². The van der Waals surface area contributed by atoms with Crippen molar-refractivity contribution in [3.8, 4) is 11.5 Å². The molecule has 136 valence electrons. The quantitative estimate of drug-likeness (QED) is 0.787. The number of aryl methyl sites for hydroxylation is 1. The second kappa shape index (κ2) is 6.97. The lowest BCUT2D eigenvalue weighted by Gasteiger charge is -2.29. The highest BCUT2D eigenvalue weighted by Crippen LogP contribution is 2.39. The molecule has 1 aliphatic heterocycles. The molecule has 2 aromatic carbocycles. The largest absolute Gasteiger partial charge is 0.497 e. The van der Waals surface area contributed by atoms with E-state index in [1.807, 2.05) is 0 Å². The Kier molecular flexibility index (Phi) is 4.53. The minimum atomic E-state index is -0.292. The average molecular weight is 353 g/mol. The first-order valence-corrected chi connectivity index (χ1v) is 8.83. The number of hydrogen-bond acceptors (Lipinski definition) is 5. The van der Waals surface area contributed by atoms with Crippen LogP contribution in [0.1, 0.15) is 23.6 Å². The molecule has 0 bridgehead atoms. The fourth-order valence-corrected chi connectivity index (χ4v) is 3.99. The summed E-state index contributed by atoms with van der Waals surface area (Å²) in [6.07, 6.45) is 1.97. The summed E-state index contributed by atoms with van der Waals surface area (Å²) < 4.78 is 10.6. The van der Waals surface area contributed by atoms with Gasteiger partial charge < -0.3 is 14.8 Å². The maximum atomic E-state index is 12.9. The summed E-state index contributed by atoms with van der Waals surface area (Å²) in [7, 11) is 3.18. The van der Waals surface area contributed by atoms with E-state index in [2.05, 4.69) is 40.4 Å². The Labute approximate surface area is 152 Å². The molecule has 6 nitrogen and oxygen atoms in total. The van der Waals surface area contributed by atoms with Gasteiger partial charge in [-0.05, 0) is 36.1 Å². The molecular formula is C20H23N3O3. The van der Waals surface area contributed by atoms with E-state index in [0.717, 1.165) is 12.8 Å². The first-order valence-electron chi connectivity index (χ1n) is 8.83. The van der Waals surface area contributed by atoms with Crippen LogP contribution in [0, 0.1) is 5.92 Å². The number of carbonyl (C=O) groups is 1. The number of nitrogens with one attached hydrogen (secondary N) is 3. The topological polar surface area (TPSA) is 71.6 Å². The van der Waals surface area contributed by atoms with Crippen LogP contribution < -0.4 is 25.6 Å². The maximum absolute atomic E-state index is 12.9. The zero-order valence-electron chi connectivity index (χ0n) is 14.9. The predicted octanol–water partition coefficient (Wildman–Crippen LogP) is 2.42. The molecule has 0 spiro atoms. The second-order valence-electron chi connectivity index (χ2n) is 6.70. The van der Waals surface area contributed by atoms with Gasteiger partial charge >= 0.3 is 0 Å². The number of ether oxygens (including phenoxy) is 2. The van der Waals surface area contributed by atoms with E-state index in [1.165, 1.54) is 11.1 Å². The lowest BCUT2D eigenvalue weighted by Crippen LogP contribution is -2.42. The normalized spacial score (nSPS) is 23.7. The van der Waals surface area contributed by atoms with Crippen molar-refractivity contribution in [1.29, 1.82) is 0 Å². The van der Waals surface area contributed by atoms with E-state index >= 15 is 0 Å². The number of fused-ring (bicyclic) bond motifs is 3. The van der Waals surface area contributed by atoms with Crippen molar-refractivity contribution in [2.75, 3.05) is 19.5 Å². The van der Waals surface area contributed by atoms with Gasteiger partial charge in [0.15, 0.2) is 0 Å². The molecule has 3 atom stereocenters. The van der Waals surface area contributed by atoms with E-state index in [-0.39, 0.29) is 23.9 Å². The highest BCUT2D eigenvalue weighted by Gasteiger charge is 2.43. The number of carbonyl (C=O) groups excluding carboxylic acids is 1. The smallest absolute Gasteiger partial charge is 0.243 e. The SMILES string of the molecule is COc1ccc(NC(=O)C2NNC3c4ccccc4CCC23)c(OC)c1. The molecule has 0 radical (unpaired) electrons. The van der Waals surface area contributed by atoms with Crippen molar-refractivity contribution in [3.05, 3.63) is 53.6 Å². The number of methoxy groups -OCH3 is 2. The van der Waals surface area contributed by atoms with Crippen LogP contribution in [0.15, 0.2) is 42.5 Å². The van der Waals surface area contributed by atoms with Gasteiger partial charge in [0.2, 0.25) is 5.91 Å². The van der Waals surface area contributed by atoms with Crippen molar-refractivity contribution in [3.63, 3.8) is 0 Å². The third kappa shape index (κ3) is 2.91. The van der Waals surface area contributed by atoms with Gasteiger partial charge in [-0.3, -0.25) is 4.79 Å². The van der Waals surface area contributed by atoms with Crippen LogP contribution in [0.4, 0.5) is 5.69 Å². The number of hydrazine groups is 1. The van der Waals surface area contributed by atoms with Gasteiger partial charge in [-0.25, -0.2) is 10.9 Å². The third-order valence-electron chi connectivity index (χ3n) is 5.34. The van der Waals surface area contributed by atoms with Crippen molar-refractivity contribution < 1.29 is 14.3 Å². The molecule has 1 fully saturated rings. The molecule has 1 saturated heterocycles. The fourth-order valence-electron chi connectivity index (χ4n) is 3.99. The molecular weight excluding hydrogens is 330 g/mol. The summed E-state index contributed by atoms with van der Waals surface area (Å²) in [5.41, 5.74) is 9.79. The lowest BCUT2D eigenvalue weighted by molar-refractivity contribution is -0.118. The van der Waals surface area contributed by atoms with Crippen molar-refractivity contribution >= 4 is 11.6 Å². The van der Waals surface area contributed by atoms with E-state index < -0.39 is 0 Å². The Balaban J connectivity index is 1.52. The Morgan fingerprint density at radius 3 is 2.77 bits per heavy atom. The van der Waals surface area contributed by atoms with Crippen LogP contribution in [-0.2, 0) is 11.2 Å². The van der Waals surface area contributed by atoms with Crippen LogP contribution >= 0.6 is 0 Å². The minimum Gasteiger partial charge on any atom is -0.497 e. The van der Waals surface area contributed by atoms with Crippen LogP contribution in [0.2, 0.25) is 0 Å². The number of amides is 1. The van der Waals surface area contributed by atoms with E-state index in [0.29, 0.717) is 17.2 Å². The number of hydrogen-bond donors (Lipinski definition) is 3. The maximum Gasteiger partial charge on any atom is 0.243 e. The molecule has 0 aromatic heterocycles. The van der Waals surface area contributed by atoms with E-state index in [9.17, 15) is 4.79 Å². The van der Waals surface area contributed by atoms with E-state index in [1.54, 1.807) is 32.4 Å². The molecule has 26 heavy (non-hydrogen) atoms. The van der Waals surface area contributed by atoms with Crippen molar-refractivity contribution in [2.45, 2.75) is 24.9 Å². The lowest BCUT2D eigenvalue weighted by atomic mass is 9.77. The highest BCUT2D eigenvalue weighted by atomic mass is 16.5. The Hall–Kier alpha value is -2.57. The minimum absolute atomic E-state index is 0.0622. The summed E-state index contributed by atoms with van der Waals surface area (Å²) in [5, 5.41) is 2.99. The first-order chi connectivity index (χ1) is 12.7. The summed E-state index contributed by atoms with van der Waals surface area (Å²) in [4.78, 5) is 12.9. The molecule has 6 heteroatoms. The summed E-state index contributed by atoms with van der Waals surface area (Å²) in [6.45, 7) is 0. The number of anilines is 1. The monoisotopic (exact) mass is 353 g/mol. The summed E-state index contributed by atoms with van der Waals surface area (Å²) in [6, 6.07) is 13.7. The Bertz CT molecular complexity index is 824. The van der Waals surface area contributed by atoms with Crippen LogP contribution in [0.3, 0.4) is 0 Å². The van der Waals surface area contributed by atoms with Gasteiger partial charge in [-0.15, -0.1) is 0 Å². The van der Waals surface area contributed by atoms with Gasteiger partial charge in [-0.1, -0.05) is 24.3 Å². The summed E-state index contributed by atoms with van der Waals surface area (Å²) >= 11 is 0. The second-order valence-corrected chi connectivity index (χ2v) is 6.70. The third-order valence-corrected chi connectivity index (χ3v) is 5.34. The van der Waals surface area contributed by atoms with Crippen LogP contribution in [-0.4, -0.2) is 26.2 Å². The molecule has 3 N–H and O–H groups in total. The van der Waals surface area contributed by atoms with Crippen LogP contribution in [0.5, 0.6) is 11.5 Å². The molecule has 2 aromatic rings. The average Bonchev–Trinajstić information content (AvgIpc) is 3.13. The van der Waals surface area contributed by atoms with Gasteiger partial charge in [0.25, 0.3) is 0 Å². The van der Waals surface area contributed by atoms with Gasteiger partial charge in [0.05, 0.1) is 25.9 Å². The number of benzene rings is 2. The molecule has 1 aliphatic carbocycles. The predicted molar refractivity (Wildman–Crippen MR) is 99.2 cm³/mol. The standard InChI is InChI=1S/C20H23N3O3/c1-25-13-8-10-16(17(11-13)26-2)21-20(24)19-15-9-7-12-5-3-4-6-14(12)18(15)22-23-19/h3-6,8,10-11,15,18-19,22-23H,7,9H2,1-2H3,(H,21,24). The fraction of sp³-hybridized carbons (Fsp3) is 0.350. The highest BCUT2D eigenvalue weighted by molar-refractivity contribution is 5.96. The Morgan fingerprint density at radius 1 is 1.12 bits per heavy atom. The molecule has 3 unspecified atom stereocenters. The zero-order chi connectivity index (χ0) is 18.1. The van der Waals surface area contributed by atoms with Gasteiger partial charge in [-0.2, -0.15) is 0 Å². The first kappa shape index (κ1) is 16.9. The number of rotatable bonds is 4. The molecule has 1 heterocycles. The van der Waals surface area contributed by atoms with Gasteiger partial charge in [0.1, 0.15) is 17.5 Å².